The second-order valence-corrected chi connectivity index (χ2v) is 9.04. The van der Waals surface area contributed by atoms with Crippen molar-refractivity contribution in [3.8, 4) is 0 Å². The molecule has 2 aromatic rings. The van der Waals surface area contributed by atoms with Crippen molar-refractivity contribution in [1.82, 2.24) is 14.5 Å². The smallest absolute Gasteiger partial charge is 0.272 e. The molecule has 7 nitrogen and oxygen atoms in total. The van der Waals surface area contributed by atoms with E-state index in [0.29, 0.717) is 31.6 Å². The van der Waals surface area contributed by atoms with E-state index in [0.717, 1.165) is 17.7 Å². The van der Waals surface area contributed by atoms with Crippen molar-refractivity contribution >= 4 is 21.6 Å². The summed E-state index contributed by atoms with van der Waals surface area (Å²) in [7, 11) is -1.74. The highest BCUT2D eigenvalue weighted by atomic mass is 32.2. The summed E-state index contributed by atoms with van der Waals surface area (Å²) in [5.41, 5.74) is 2.33. The van der Waals surface area contributed by atoms with Gasteiger partial charge in [-0.25, -0.2) is 13.4 Å². The molecule has 1 aromatic carbocycles. The van der Waals surface area contributed by atoms with Crippen LogP contribution in [0.1, 0.15) is 28.9 Å². The van der Waals surface area contributed by atoms with Crippen molar-refractivity contribution in [1.29, 1.82) is 0 Å². The Balaban J connectivity index is 1.56. The fourth-order valence-corrected chi connectivity index (χ4v) is 5.83. The predicted molar refractivity (Wildman–Crippen MR) is 98.5 cm³/mol. The van der Waals surface area contributed by atoms with Gasteiger partial charge in [-0.1, -0.05) is 18.2 Å². The minimum absolute atomic E-state index is 0.160. The first-order valence-corrected chi connectivity index (χ1v) is 10.3. The van der Waals surface area contributed by atoms with Crippen LogP contribution in [0.3, 0.4) is 0 Å². The number of aromatic nitrogens is 2. The Hall–Kier alpha value is -2.35. The molecule has 2 aliphatic heterocycles. The minimum atomic E-state index is -3.50. The number of imidazole rings is 1. The van der Waals surface area contributed by atoms with E-state index < -0.39 is 15.3 Å². The standard InChI is InChI=1S/C18H22N4O3S/c1-20-13-19-11-17(20)18(23)21-9-4-6-15(12-21)26(24,25)22-10-8-14-5-2-3-7-16(14)22/h2-3,5,7,11,13,15H,4,6,8-10,12H2,1H3/t15-/m1/s1. The van der Waals surface area contributed by atoms with E-state index in [1.165, 1.54) is 10.5 Å². The lowest BCUT2D eigenvalue weighted by Crippen LogP contribution is -2.49. The number of sulfonamides is 1. The van der Waals surface area contributed by atoms with Gasteiger partial charge in [0.1, 0.15) is 5.69 Å². The highest BCUT2D eigenvalue weighted by molar-refractivity contribution is 7.93. The lowest BCUT2D eigenvalue weighted by Gasteiger charge is -2.35. The zero-order valence-electron chi connectivity index (χ0n) is 14.7. The molecule has 0 radical (unpaired) electrons. The molecular weight excluding hydrogens is 352 g/mol. The van der Waals surface area contributed by atoms with Crippen LogP contribution in [-0.4, -0.2) is 53.7 Å². The van der Waals surface area contributed by atoms with Gasteiger partial charge in [-0.2, -0.15) is 0 Å². The summed E-state index contributed by atoms with van der Waals surface area (Å²) in [6.07, 6.45) is 5.10. The first-order valence-electron chi connectivity index (χ1n) is 8.83. The zero-order chi connectivity index (χ0) is 18.3. The van der Waals surface area contributed by atoms with Gasteiger partial charge in [0.15, 0.2) is 0 Å². The third kappa shape index (κ3) is 2.78. The molecule has 0 saturated carbocycles. The van der Waals surface area contributed by atoms with Crippen molar-refractivity contribution in [2.24, 2.45) is 7.05 Å². The number of hydrogen-bond donors (Lipinski definition) is 0. The molecule has 0 spiro atoms. The molecule has 1 saturated heterocycles. The van der Waals surface area contributed by atoms with Crippen LogP contribution >= 0.6 is 0 Å². The monoisotopic (exact) mass is 374 g/mol. The SMILES string of the molecule is Cn1cncc1C(=O)N1CCC[C@@H](S(=O)(=O)N2CCc3ccccc32)C1. The number of para-hydroxylation sites is 1. The van der Waals surface area contributed by atoms with Crippen LogP contribution in [0.25, 0.3) is 0 Å². The topological polar surface area (TPSA) is 75.5 Å². The van der Waals surface area contributed by atoms with E-state index in [-0.39, 0.29) is 12.5 Å². The fraction of sp³-hybridized carbons (Fsp3) is 0.444. The number of carbonyl (C=O) groups is 1. The summed E-state index contributed by atoms with van der Waals surface area (Å²) >= 11 is 0. The van der Waals surface area contributed by atoms with Crippen molar-refractivity contribution in [3.63, 3.8) is 0 Å². The Morgan fingerprint density at radius 1 is 1.23 bits per heavy atom. The number of carbonyl (C=O) groups excluding carboxylic acids is 1. The van der Waals surface area contributed by atoms with Gasteiger partial charge >= 0.3 is 0 Å². The van der Waals surface area contributed by atoms with Gasteiger partial charge < -0.3 is 9.47 Å². The Kier molecular flexibility index (Phi) is 4.22. The molecule has 0 unspecified atom stereocenters. The Morgan fingerprint density at radius 3 is 2.81 bits per heavy atom. The number of aryl methyl sites for hydroxylation is 1. The van der Waals surface area contributed by atoms with Gasteiger partial charge in [0.2, 0.25) is 10.0 Å². The summed E-state index contributed by atoms with van der Waals surface area (Å²) < 4.78 is 29.7. The number of nitrogens with zero attached hydrogens (tertiary/aromatic N) is 4. The van der Waals surface area contributed by atoms with Gasteiger partial charge in [-0.3, -0.25) is 9.10 Å². The molecule has 3 heterocycles. The maximum Gasteiger partial charge on any atom is 0.272 e. The van der Waals surface area contributed by atoms with E-state index in [9.17, 15) is 13.2 Å². The summed E-state index contributed by atoms with van der Waals surface area (Å²) in [6, 6.07) is 7.64. The molecule has 0 N–H and O–H groups in total. The van der Waals surface area contributed by atoms with E-state index in [4.69, 9.17) is 0 Å². The van der Waals surface area contributed by atoms with Gasteiger partial charge in [0, 0.05) is 26.7 Å². The number of hydrogen-bond acceptors (Lipinski definition) is 4. The predicted octanol–water partition coefficient (Wildman–Crippen LogP) is 1.42. The average molecular weight is 374 g/mol. The molecule has 1 atom stereocenters. The molecule has 1 fully saturated rings. The van der Waals surface area contributed by atoms with E-state index in [2.05, 4.69) is 4.98 Å². The number of piperidine rings is 1. The highest BCUT2D eigenvalue weighted by Gasteiger charge is 2.39. The molecule has 4 rings (SSSR count). The summed E-state index contributed by atoms with van der Waals surface area (Å²) in [5, 5.41) is -0.570. The summed E-state index contributed by atoms with van der Waals surface area (Å²) in [5.74, 6) is -0.160. The molecule has 8 heteroatoms. The van der Waals surface area contributed by atoms with Crippen LogP contribution in [0.15, 0.2) is 36.8 Å². The summed E-state index contributed by atoms with van der Waals surface area (Å²) in [4.78, 5) is 18.4. The van der Waals surface area contributed by atoms with Crippen LogP contribution in [0.5, 0.6) is 0 Å². The Labute approximate surface area is 153 Å². The molecule has 1 amide bonds. The van der Waals surface area contributed by atoms with E-state index in [1.807, 2.05) is 24.3 Å². The van der Waals surface area contributed by atoms with Gasteiger partial charge in [-0.05, 0) is 30.9 Å². The number of fused-ring (bicyclic) bond motifs is 1. The van der Waals surface area contributed by atoms with Crippen molar-refractivity contribution in [2.75, 3.05) is 23.9 Å². The van der Waals surface area contributed by atoms with Crippen LogP contribution in [0, 0.1) is 0 Å². The quantitative estimate of drug-likeness (QED) is 0.814. The van der Waals surface area contributed by atoms with Crippen LogP contribution < -0.4 is 4.31 Å². The second-order valence-electron chi connectivity index (χ2n) is 6.90. The average Bonchev–Trinajstić information content (AvgIpc) is 3.27. The lowest BCUT2D eigenvalue weighted by atomic mass is 10.1. The zero-order valence-corrected chi connectivity index (χ0v) is 15.5. The van der Waals surface area contributed by atoms with E-state index >= 15 is 0 Å². The largest absolute Gasteiger partial charge is 0.336 e. The third-order valence-corrected chi connectivity index (χ3v) is 7.50. The number of amides is 1. The van der Waals surface area contributed by atoms with Crippen molar-refractivity contribution in [3.05, 3.63) is 48.0 Å². The normalized spacial score (nSPS) is 20.3. The maximum atomic E-state index is 13.2. The second kappa shape index (κ2) is 6.42. The van der Waals surface area contributed by atoms with Crippen LogP contribution in [0.2, 0.25) is 0 Å². The fourth-order valence-electron chi connectivity index (χ4n) is 3.84. The molecule has 2 aliphatic rings. The van der Waals surface area contributed by atoms with Gasteiger partial charge in [0.25, 0.3) is 5.91 Å². The first kappa shape index (κ1) is 17.1. The number of anilines is 1. The molecule has 0 bridgehead atoms. The maximum absolute atomic E-state index is 13.2. The molecule has 26 heavy (non-hydrogen) atoms. The third-order valence-electron chi connectivity index (χ3n) is 5.27. The van der Waals surface area contributed by atoms with Crippen LogP contribution in [0.4, 0.5) is 5.69 Å². The number of rotatable bonds is 3. The minimum Gasteiger partial charge on any atom is -0.336 e. The first-order chi connectivity index (χ1) is 12.5. The lowest BCUT2D eigenvalue weighted by molar-refractivity contribution is 0.0717. The van der Waals surface area contributed by atoms with Crippen molar-refractivity contribution in [2.45, 2.75) is 24.5 Å². The van der Waals surface area contributed by atoms with Crippen molar-refractivity contribution < 1.29 is 13.2 Å². The summed E-state index contributed by atoms with van der Waals surface area (Å²) in [6.45, 7) is 1.28. The molecule has 138 valence electrons. The van der Waals surface area contributed by atoms with Gasteiger partial charge in [0.05, 0.1) is 23.5 Å². The Morgan fingerprint density at radius 2 is 2.04 bits per heavy atom. The molecular formula is C18H22N4O3S. The van der Waals surface area contributed by atoms with Crippen LogP contribution in [-0.2, 0) is 23.5 Å². The van der Waals surface area contributed by atoms with Gasteiger partial charge in [-0.15, -0.1) is 0 Å². The number of benzene rings is 1. The molecule has 0 aliphatic carbocycles. The molecule has 1 aromatic heterocycles. The number of likely N-dealkylation sites (tertiary alicyclic amines) is 1. The Bertz CT molecular complexity index is 937. The highest BCUT2D eigenvalue weighted by Crippen LogP contribution is 2.33. The van der Waals surface area contributed by atoms with E-state index in [1.54, 1.807) is 22.8 Å².